The third-order valence-corrected chi connectivity index (χ3v) is 5.47. The van der Waals surface area contributed by atoms with Crippen LogP contribution in [0.15, 0.2) is 67.3 Å². The molecule has 2 aromatic carbocycles. The molecule has 5 heteroatoms. The first-order chi connectivity index (χ1) is 14.2. The van der Waals surface area contributed by atoms with E-state index in [1.807, 2.05) is 30.9 Å². The van der Waals surface area contributed by atoms with Crippen LogP contribution in [0.4, 0.5) is 0 Å². The normalized spacial score (nSPS) is 11.4. The van der Waals surface area contributed by atoms with Crippen LogP contribution in [0.5, 0.6) is 5.75 Å². The fraction of sp³-hybridized carbons (Fsp3) is 0.292. The van der Waals surface area contributed by atoms with Gasteiger partial charge in [0, 0.05) is 55.2 Å². The van der Waals surface area contributed by atoms with Gasteiger partial charge in [-0.3, -0.25) is 4.90 Å². The fourth-order valence-corrected chi connectivity index (χ4v) is 3.82. The zero-order valence-electron chi connectivity index (χ0n) is 17.1. The number of methoxy groups -OCH3 is 1. The summed E-state index contributed by atoms with van der Waals surface area (Å²) < 4.78 is 7.44. The number of para-hydroxylation sites is 1. The minimum Gasteiger partial charge on any atom is -0.497 e. The Kier molecular flexibility index (Phi) is 5.96. The Hall–Kier alpha value is -3.05. The van der Waals surface area contributed by atoms with Crippen LogP contribution in [0.2, 0.25) is 0 Å². The van der Waals surface area contributed by atoms with Crippen molar-refractivity contribution in [2.75, 3.05) is 13.7 Å². The van der Waals surface area contributed by atoms with Crippen molar-refractivity contribution in [2.45, 2.75) is 33.0 Å². The zero-order chi connectivity index (χ0) is 20.1. The predicted octanol–water partition coefficient (Wildman–Crippen LogP) is 4.77. The number of aromatic amines is 1. The molecule has 0 unspecified atom stereocenters. The van der Waals surface area contributed by atoms with Gasteiger partial charge in [-0.05, 0) is 42.7 Å². The van der Waals surface area contributed by atoms with Gasteiger partial charge in [0.15, 0.2) is 0 Å². The molecule has 5 nitrogen and oxygen atoms in total. The Morgan fingerprint density at radius 2 is 1.90 bits per heavy atom. The summed E-state index contributed by atoms with van der Waals surface area (Å²) in [7, 11) is 1.70. The number of benzene rings is 2. The molecular formula is C24H28N4O. The van der Waals surface area contributed by atoms with Crippen LogP contribution in [0.25, 0.3) is 10.9 Å². The van der Waals surface area contributed by atoms with Gasteiger partial charge in [-0.2, -0.15) is 0 Å². The lowest BCUT2D eigenvalue weighted by molar-refractivity contribution is 0.245. The van der Waals surface area contributed by atoms with Crippen molar-refractivity contribution in [3.8, 4) is 5.75 Å². The smallest absolute Gasteiger partial charge is 0.118 e. The quantitative estimate of drug-likeness (QED) is 0.449. The monoisotopic (exact) mass is 388 g/mol. The minimum absolute atomic E-state index is 0.895. The Bertz CT molecular complexity index is 1030. The molecule has 0 radical (unpaired) electrons. The summed E-state index contributed by atoms with van der Waals surface area (Å²) in [5.41, 5.74) is 5.14. The molecule has 0 saturated heterocycles. The average molecular weight is 389 g/mol. The van der Waals surface area contributed by atoms with Crippen molar-refractivity contribution in [3.05, 3.63) is 84.1 Å². The second kappa shape index (κ2) is 8.97. The van der Waals surface area contributed by atoms with Gasteiger partial charge in [0.1, 0.15) is 5.75 Å². The molecule has 0 aliphatic rings. The number of nitrogens with one attached hydrogen (secondary N) is 1. The molecule has 0 atom stereocenters. The molecule has 2 aromatic heterocycles. The zero-order valence-corrected chi connectivity index (χ0v) is 17.1. The van der Waals surface area contributed by atoms with E-state index in [1.165, 1.54) is 27.7 Å². The Labute approximate surface area is 172 Å². The van der Waals surface area contributed by atoms with Crippen molar-refractivity contribution >= 4 is 10.9 Å². The largest absolute Gasteiger partial charge is 0.497 e. The van der Waals surface area contributed by atoms with E-state index < -0.39 is 0 Å². The summed E-state index contributed by atoms with van der Waals surface area (Å²) in [5, 5.41) is 1.31. The molecule has 0 spiro atoms. The standard InChI is InChI=1S/C24H28N4O/c1-19-22-6-3-4-7-23(22)26-24(19)17-28(14-5-13-27-15-12-25-18-27)16-20-8-10-21(29-2)11-9-20/h3-4,6-12,15,18,26H,5,13-14,16-17H2,1-2H3. The molecule has 1 N–H and O–H groups in total. The number of rotatable bonds is 9. The molecule has 0 aliphatic heterocycles. The van der Waals surface area contributed by atoms with Crippen molar-refractivity contribution in [1.29, 1.82) is 0 Å². The molecule has 2 heterocycles. The van der Waals surface area contributed by atoms with Gasteiger partial charge in [-0.1, -0.05) is 30.3 Å². The fourth-order valence-electron chi connectivity index (χ4n) is 3.82. The summed E-state index contributed by atoms with van der Waals surface area (Å²) in [6.07, 6.45) is 6.82. The third-order valence-electron chi connectivity index (χ3n) is 5.47. The molecule has 29 heavy (non-hydrogen) atoms. The maximum absolute atomic E-state index is 5.30. The van der Waals surface area contributed by atoms with E-state index in [2.05, 4.69) is 62.8 Å². The van der Waals surface area contributed by atoms with Gasteiger partial charge in [-0.15, -0.1) is 0 Å². The molecule has 4 aromatic rings. The number of ether oxygens (including phenoxy) is 1. The van der Waals surface area contributed by atoms with E-state index in [1.54, 1.807) is 7.11 Å². The molecule has 0 aliphatic carbocycles. The van der Waals surface area contributed by atoms with E-state index in [-0.39, 0.29) is 0 Å². The summed E-state index contributed by atoms with van der Waals surface area (Å²) >= 11 is 0. The van der Waals surface area contributed by atoms with Crippen LogP contribution in [-0.4, -0.2) is 33.1 Å². The van der Waals surface area contributed by atoms with Crippen molar-refractivity contribution < 1.29 is 4.74 Å². The number of hydrogen-bond donors (Lipinski definition) is 1. The summed E-state index contributed by atoms with van der Waals surface area (Å²) in [5.74, 6) is 0.895. The van der Waals surface area contributed by atoms with Crippen LogP contribution < -0.4 is 4.74 Å². The van der Waals surface area contributed by atoms with E-state index in [4.69, 9.17) is 4.74 Å². The molecule has 0 fully saturated rings. The van der Waals surface area contributed by atoms with E-state index in [9.17, 15) is 0 Å². The van der Waals surface area contributed by atoms with E-state index >= 15 is 0 Å². The van der Waals surface area contributed by atoms with Gasteiger partial charge in [0.2, 0.25) is 0 Å². The molecule has 150 valence electrons. The highest BCUT2D eigenvalue weighted by atomic mass is 16.5. The first kappa shape index (κ1) is 19.3. The highest BCUT2D eigenvalue weighted by Gasteiger charge is 2.13. The second-order valence-corrected chi connectivity index (χ2v) is 7.49. The summed E-state index contributed by atoms with van der Waals surface area (Å²) in [4.78, 5) is 10.3. The maximum Gasteiger partial charge on any atom is 0.118 e. The lowest BCUT2D eigenvalue weighted by Gasteiger charge is -2.23. The highest BCUT2D eigenvalue weighted by Crippen LogP contribution is 2.23. The average Bonchev–Trinajstić information content (AvgIpc) is 3.37. The molecular weight excluding hydrogens is 360 g/mol. The van der Waals surface area contributed by atoms with E-state index in [0.717, 1.165) is 38.3 Å². The first-order valence-electron chi connectivity index (χ1n) is 10.1. The number of imidazole rings is 1. The maximum atomic E-state index is 5.30. The Balaban J connectivity index is 1.49. The molecule has 0 bridgehead atoms. The van der Waals surface area contributed by atoms with Gasteiger partial charge in [0.25, 0.3) is 0 Å². The molecule has 0 saturated carbocycles. The number of hydrogen-bond acceptors (Lipinski definition) is 3. The Morgan fingerprint density at radius 1 is 1.07 bits per heavy atom. The number of nitrogens with zero attached hydrogens (tertiary/aromatic N) is 3. The van der Waals surface area contributed by atoms with Gasteiger partial charge in [-0.25, -0.2) is 4.98 Å². The lowest BCUT2D eigenvalue weighted by atomic mass is 10.1. The van der Waals surface area contributed by atoms with Crippen LogP contribution in [0.1, 0.15) is 23.2 Å². The summed E-state index contributed by atoms with van der Waals surface area (Å²) in [6, 6.07) is 16.9. The SMILES string of the molecule is COc1ccc(CN(CCCn2ccnc2)Cc2[nH]c3ccccc3c2C)cc1. The lowest BCUT2D eigenvalue weighted by Crippen LogP contribution is -2.25. The van der Waals surface area contributed by atoms with Crippen LogP contribution >= 0.6 is 0 Å². The number of aromatic nitrogens is 3. The predicted molar refractivity (Wildman–Crippen MR) is 117 cm³/mol. The minimum atomic E-state index is 0.895. The van der Waals surface area contributed by atoms with Crippen LogP contribution in [0.3, 0.4) is 0 Å². The summed E-state index contributed by atoms with van der Waals surface area (Å²) in [6.45, 7) is 6.01. The number of aryl methyl sites for hydroxylation is 2. The first-order valence-corrected chi connectivity index (χ1v) is 10.1. The van der Waals surface area contributed by atoms with Crippen LogP contribution in [-0.2, 0) is 19.6 Å². The van der Waals surface area contributed by atoms with Crippen molar-refractivity contribution in [1.82, 2.24) is 19.4 Å². The number of H-pyrrole nitrogens is 1. The van der Waals surface area contributed by atoms with Crippen LogP contribution in [0, 0.1) is 6.92 Å². The van der Waals surface area contributed by atoms with Gasteiger partial charge in [0.05, 0.1) is 13.4 Å². The van der Waals surface area contributed by atoms with Crippen molar-refractivity contribution in [3.63, 3.8) is 0 Å². The van der Waals surface area contributed by atoms with Crippen molar-refractivity contribution in [2.24, 2.45) is 0 Å². The second-order valence-electron chi connectivity index (χ2n) is 7.49. The van der Waals surface area contributed by atoms with E-state index in [0.29, 0.717) is 0 Å². The third kappa shape index (κ3) is 4.69. The Morgan fingerprint density at radius 3 is 2.62 bits per heavy atom. The highest BCUT2D eigenvalue weighted by molar-refractivity contribution is 5.84. The topological polar surface area (TPSA) is 46.1 Å². The molecule has 0 amide bonds. The number of fused-ring (bicyclic) bond motifs is 1. The van der Waals surface area contributed by atoms with Gasteiger partial charge < -0.3 is 14.3 Å². The molecule has 4 rings (SSSR count). The van der Waals surface area contributed by atoms with Gasteiger partial charge >= 0.3 is 0 Å².